The minimum Gasteiger partial charge on any atom is -0.399 e. The van der Waals surface area contributed by atoms with Gasteiger partial charge in [0.15, 0.2) is 0 Å². The summed E-state index contributed by atoms with van der Waals surface area (Å²) in [7, 11) is -0.854. The molecule has 1 aliphatic rings. The lowest BCUT2D eigenvalue weighted by Gasteiger charge is -2.32. The summed E-state index contributed by atoms with van der Waals surface area (Å²) in [5.41, 5.74) is -1.70. The van der Waals surface area contributed by atoms with Crippen LogP contribution < -0.4 is 5.46 Å². The molecule has 0 spiro atoms. The minimum absolute atomic E-state index is 0.316. The van der Waals surface area contributed by atoms with Crippen molar-refractivity contribution in [3.63, 3.8) is 0 Å². The molecule has 1 aliphatic heterocycles. The van der Waals surface area contributed by atoms with E-state index >= 15 is 0 Å². The number of halogens is 3. The number of hydrogen-bond acceptors (Lipinski definition) is 4. The number of hydrogen-bond donors (Lipinski definition) is 0. The average molecular weight is 319 g/mol. The summed E-state index contributed by atoms with van der Waals surface area (Å²) >= 11 is 1.26. The highest BCUT2D eigenvalue weighted by Crippen LogP contribution is 2.37. The van der Waals surface area contributed by atoms with Crippen molar-refractivity contribution in [2.45, 2.75) is 50.1 Å². The van der Waals surface area contributed by atoms with Gasteiger partial charge in [-0.2, -0.15) is 13.2 Å². The Morgan fingerprint density at radius 2 is 1.67 bits per heavy atom. The maximum Gasteiger partial charge on any atom is 0.497 e. The summed E-state index contributed by atoms with van der Waals surface area (Å²) in [4.78, 5) is 3.89. The van der Waals surface area contributed by atoms with E-state index in [2.05, 4.69) is 4.98 Å². The SMILES string of the molecule is CSc1ncc(C(F)(F)F)cc1B1OC(C)(C)C(C)(C)O1. The second-order valence-electron chi connectivity index (χ2n) is 5.91. The summed E-state index contributed by atoms with van der Waals surface area (Å²) in [6, 6.07) is 1.06. The molecule has 0 aromatic carbocycles. The molecule has 2 heterocycles. The second kappa shape index (κ2) is 5.17. The third-order valence-corrected chi connectivity index (χ3v) is 4.63. The third-order valence-electron chi connectivity index (χ3n) is 3.91. The summed E-state index contributed by atoms with van der Waals surface area (Å²) < 4.78 is 50.2. The van der Waals surface area contributed by atoms with Gasteiger partial charge < -0.3 is 9.31 Å². The molecule has 116 valence electrons. The Morgan fingerprint density at radius 1 is 1.14 bits per heavy atom. The Morgan fingerprint density at radius 3 is 2.10 bits per heavy atom. The van der Waals surface area contributed by atoms with Crippen LogP contribution in [-0.2, 0) is 15.5 Å². The number of rotatable bonds is 2. The average Bonchev–Trinajstić information content (AvgIpc) is 2.56. The topological polar surface area (TPSA) is 31.4 Å². The van der Waals surface area contributed by atoms with Gasteiger partial charge in [-0.05, 0) is 40.0 Å². The van der Waals surface area contributed by atoms with Crippen LogP contribution in [0.15, 0.2) is 17.3 Å². The first-order valence-corrected chi connectivity index (χ1v) is 7.67. The molecule has 0 unspecified atom stereocenters. The molecule has 1 saturated heterocycles. The van der Waals surface area contributed by atoms with Crippen molar-refractivity contribution in [2.24, 2.45) is 0 Å². The van der Waals surface area contributed by atoms with Gasteiger partial charge in [0.25, 0.3) is 0 Å². The van der Waals surface area contributed by atoms with E-state index in [9.17, 15) is 13.2 Å². The van der Waals surface area contributed by atoms with Gasteiger partial charge in [0.2, 0.25) is 0 Å². The molecular formula is C13H17BF3NO2S. The molecule has 0 aliphatic carbocycles. The van der Waals surface area contributed by atoms with Crippen molar-refractivity contribution in [3.8, 4) is 0 Å². The maximum atomic E-state index is 12.9. The Kier molecular flexibility index (Phi) is 4.10. The normalized spacial score (nSPS) is 20.9. The Hall–Kier alpha value is -0.725. The molecule has 0 radical (unpaired) electrons. The first-order valence-electron chi connectivity index (χ1n) is 6.45. The number of nitrogens with zero attached hydrogens (tertiary/aromatic N) is 1. The molecule has 0 atom stereocenters. The van der Waals surface area contributed by atoms with E-state index in [4.69, 9.17) is 9.31 Å². The van der Waals surface area contributed by atoms with Gasteiger partial charge in [0.1, 0.15) is 0 Å². The minimum atomic E-state index is -4.44. The summed E-state index contributed by atoms with van der Waals surface area (Å²) in [5, 5.41) is 0.474. The zero-order valence-corrected chi connectivity index (χ0v) is 13.4. The smallest absolute Gasteiger partial charge is 0.399 e. The van der Waals surface area contributed by atoms with Crippen LogP contribution in [0, 0.1) is 0 Å². The molecule has 0 N–H and O–H groups in total. The predicted octanol–water partition coefficient (Wildman–Crippen LogP) is 3.12. The van der Waals surface area contributed by atoms with Crippen molar-refractivity contribution in [3.05, 3.63) is 17.8 Å². The molecule has 1 aromatic heterocycles. The van der Waals surface area contributed by atoms with E-state index in [1.165, 1.54) is 11.8 Å². The highest BCUT2D eigenvalue weighted by Gasteiger charge is 2.52. The van der Waals surface area contributed by atoms with E-state index in [1.54, 1.807) is 6.26 Å². The number of alkyl halides is 3. The lowest BCUT2D eigenvalue weighted by Crippen LogP contribution is -2.41. The molecule has 3 nitrogen and oxygen atoms in total. The molecule has 0 amide bonds. The zero-order chi connectivity index (χ0) is 16.1. The molecule has 21 heavy (non-hydrogen) atoms. The molecule has 0 bridgehead atoms. The van der Waals surface area contributed by atoms with E-state index in [-0.39, 0.29) is 0 Å². The van der Waals surface area contributed by atoms with Crippen LogP contribution in [0.5, 0.6) is 0 Å². The Labute approximate surface area is 126 Å². The van der Waals surface area contributed by atoms with Crippen LogP contribution in [0.25, 0.3) is 0 Å². The highest BCUT2D eigenvalue weighted by molar-refractivity contribution is 7.98. The van der Waals surface area contributed by atoms with E-state index in [0.29, 0.717) is 10.5 Å². The molecule has 2 rings (SSSR count). The van der Waals surface area contributed by atoms with Crippen LogP contribution in [0.3, 0.4) is 0 Å². The first kappa shape index (κ1) is 16.6. The third kappa shape index (κ3) is 3.07. The molecule has 1 aromatic rings. The van der Waals surface area contributed by atoms with Crippen LogP contribution in [0.4, 0.5) is 13.2 Å². The predicted molar refractivity (Wildman–Crippen MR) is 76.7 cm³/mol. The van der Waals surface area contributed by atoms with Crippen molar-refractivity contribution >= 4 is 24.3 Å². The number of aromatic nitrogens is 1. The second-order valence-corrected chi connectivity index (χ2v) is 6.70. The number of thioether (sulfide) groups is 1. The van der Waals surface area contributed by atoms with Gasteiger partial charge in [-0.1, -0.05) is 0 Å². The number of pyridine rings is 1. The fraction of sp³-hybridized carbons (Fsp3) is 0.615. The monoisotopic (exact) mass is 319 g/mol. The van der Waals surface area contributed by atoms with Crippen molar-refractivity contribution in [1.29, 1.82) is 0 Å². The van der Waals surface area contributed by atoms with Crippen LogP contribution in [-0.4, -0.2) is 29.6 Å². The lowest BCUT2D eigenvalue weighted by atomic mass is 9.79. The first-order chi connectivity index (χ1) is 9.48. The van der Waals surface area contributed by atoms with Crippen LogP contribution in [0.2, 0.25) is 0 Å². The Balaban J connectivity index is 2.44. The molecular weight excluding hydrogens is 302 g/mol. The van der Waals surface area contributed by atoms with Gasteiger partial charge in [0, 0.05) is 11.7 Å². The summed E-state index contributed by atoms with van der Waals surface area (Å²) in [6.45, 7) is 7.42. The van der Waals surface area contributed by atoms with E-state index in [1.807, 2.05) is 27.7 Å². The maximum absolute atomic E-state index is 12.9. The largest absolute Gasteiger partial charge is 0.497 e. The lowest BCUT2D eigenvalue weighted by molar-refractivity contribution is -0.137. The van der Waals surface area contributed by atoms with Gasteiger partial charge in [-0.25, -0.2) is 4.98 Å². The van der Waals surface area contributed by atoms with Gasteiger partial charge >= 0.3 is 13.3 Å². The zero-order valence-electron chi connectivity index (χ0n) is 12.5. The standard InChI is InChI=1S/C13H17BF3NO2S/c1-11(2)12(3,4)20-14(19-11)9-6-8(13(15,16)17)7-18-10(9)21-5/h6-7H,1-5H3. The highest BCUT2D eigenvalue weighted by atomic mass is 32.2. The van der Waals surface area contributed by atoms with Gasteiger partial charge in [-0.15, -0.1) is 11.8 Å². The van der Waals surface area contributed by atoms with Crippen LogP contribution >= 0.6 is 11.8 Å². The van der Waals surface area contributed by atoms with Crippen molar-refractivity contribution < 1.29 is 22.5 Å². The van der Waals surface area contributed by atoms with E-state index in [0.717, 1.165) is 12.3 Å². The fourth-order valence-electron chi connectivity index (χ4n) is 1.93. The van der Waals surface area contributed by atoms with Crippen LogP contribution in [0.1, 0.15) is 33.3 Å². The van der Waals surface area contributed by atoms with Gasteiger partial charge in [-0.3, -0.25) is 0 Å². The quantitative estimate of drug-likeness (QED) is 0.619. The fourth-order valence-corrected chi connectivity index (χ4v) is 2.48. The van der Waals surface area contributed by atoms with Gasteiger partial charge in [0.05, 0.1) is 21.8 Å². The summed E-state index contributed by atoms with van der Waals surface area (Å²) in [6.07, 6.45) is -1.85. The summed E-state index contributed by atoms with van der Waals surface area (Å²) in [5.74, 6) is 0. The molecule has 0 saturated carbocycles. The van der Waals surface area contributed by atoms with Crippen molar-refractivity contribution in [2.75, 3.05) is 6.26 Å². The van der Waals surface area contributed by atoms with Crippen molar-refractivity contribution in [1.82, 2.24) is 4.98 Å². The van der Waals surface area contributed by atoms with E-state index < -0.39 is 30.1 Å². The molecule has 1 fully saturated rings. The molecule has 8 heteroatoms. The Bertz CT molecular complexity index is 533.